The van der Waals surface area contributed by atoms with Crippen LogP contribution in [-0.4, -0.2) is 26.1 Å². The molecule has 4 heteroatoms. The number of nitrogen functional groups attached to an aromatic ring is 1. The maximum atomic E-state index is 5.55. The van der Waals surface area contributed by atoms with E-state index in [0.717, 1.165) is 11.5 Å². The first-order valence-corrected chi connectivity index (χ1v) is 3.76. The Labute approximate surface area is 72.4 Å². The zero-order valence-corrected chi connectivity index (χ0v) is 7.63. The molecule has 0 amide bonds. The average molecular weight is 166 g/mol. The van der Waals surface area contributed by atoms with E-state index in [0.29, 0.717) is 5.82 Å². The molecular weight excluding hydrogens is 152 g/mol. The summed E-state index contributed by atoms with van der Waals surface area (Å²) in [5.74, 6) is 1.40. The Kier molecular flexibility index (Phi) is 2.38. The number of hydrogen-bond donors (Lipinski definition) is 2. The smallest absolute Gasteiger partial charge is 0.153 e. The van der Waals surface area contributed by atoms with Gasteiger partial charge in [0.1, 0.15) is 5.82 Å². The van der Waals surface area contributed by atoms with Crippen molar-refractivity contribution >= 4 is 17.3 Å². The van der Waals surface area contributed by atoms with Crippen molar-refractivity contribution in [3.05, 3.63) is 12.1 Å². The van der Waals surface area contributed by atoms with E-state index in [1.165, 1.54) is 0 Å². The van der Waals surface area contributed by atoms with Gasteiger partial charge < -0.3 is 16.0 Å². The molecular formula is C8H14N4. The van der Waals surface area contributed by atoms with E-state index >= 15 is 0 Å². The van der Waals surface area contributed by atoms with Crippen LogP contribution in [0.5, 0.6) is 0 Å². The Balaban J connectivity index is 3.12. The molecule has 1 aromatic heterocycles. The van der Waals surface area contributed by atoms with Gasteiger partial charge in [-0.05, 0) is 12.1 Å². The second-order valence-electron chi connectivity index (χ2n) is 2.75. The Hall–Kier alpha value is -1.45. The number of nitrogens with one attached hydrogen (secondary N) is 1. The number of aromatic nitrogens is 1. The van der Waals surface area contributed by atoms with Gasteiger partial charge in [-0.25, -0.2) is 4.98 Å². The van der Waals surface area contributed by atoms with E-state index in [2.05, 4.69) is 10.3 Å². The third kappa shape index (κ3) is 1.58. The third-order valence-electron chi connectivity index (χ3n) is 1.59. The van der Waals surface area contributed by atoms with Crippen molar-refractivity contribution in [2.75, 3.05) is 37.1 Å². The molecule has 0 atom stereocenters. The van der Waals surface area contributed by atoms with Crippen molar-refractivity contribution in [3.63, 3.8) is 0 Å². The van der Waals surface area contributed by atoms with E-state index < -0.39 is 0 Å². The van der Waals surface area contributed by atoms with E-state index in [1.807, 2.05) is 32.1 Å². The number of pyridine rings is 1. The summed E-state index contributed by atoms with van der Waals surface area (Å²) in [6, 6.07) is 3.69. The fraction of sp³-hybridized carbons (Fsp3) is 0.375. The van der Waals surface area contributed by atoms with Crippen LogP contribution in [0.3, 0.4) is 0 Å². The number of anilines is 3. The average Bonchev–Trinajstić information content (AvgIpc) is 2.04. The van der Waals surface area contributed by atoms with Crippen molar-refractivity contribution in [2.45, 2.75) is 0 Å². The van der Waals surface area contributed by atoms with Gasteiger partial charge in [-0.3, -0.25) is 0 Å². The number of nitrogens with two attached hydrogens (primary N) is 1. The lowest BCUT2D eigenvalue weighted by atomic mass is 10.3. The Bertz CT molecular complexity index is 270. The second kappa shape index (κ2) is 3.30. The quantitative estimate of drug-likeness (QED) is 0.681. The van der Waals surface area contributed by atoms with Crippen LogP contribution in [0.4, 0.5) is 17.3 Å². The summed E-state index contributed by atoms with van der Waals surface area (Å²) in [6.07, 6.45) is 0. The third-order valence-corrected chi connectivity index (χ3v) is 1.59. The standard InChI is InChI=1S/C8H14N4/c1-10-6-4-5-7(9)11-8(6)12(2)3/h4-5,10H,1-3H3,(H2,9,11). The van der Waals surface area contributed by atoms with Crippen LogP contribution < -0.4 is 16.0 Å². The van der Waals surface area contributed by atoms with Crippen LogP contribution in [0.15, 0.2) is 12.1 Å². The summed E-state index contributed by atoms with van der Waals surface area (Å²) in [6.45, 7) is 0. The predicted octanol–water partition coefficient (Wildman–Crippen LogP) is 0.771. The summed E-state index contributed by atoms with van der Waals surface area (Å²) >= 11 is 0. The van der Waals surface area contributed by atoms with Crippen LogP contribution in [0, 0.1) is 0 Å². The highest BCUT2D eigenvalue weighted by molar-refractivity contribution is 5.67. The predicted molar refractivity (Wildman–Crippen MR) is 52.5 cm³/mol. The topological polar surface area (TPSA) is 54.2 Å². The van der Waals surface area contributed by atoms with Crippen LogP contribution >= 0.6 is 0 Å². The van der Waals surface area contributed by atoms with Gasteiger partial charge in [0.15, 0.2) is 5.82 Å². The second-order valence-corrected chi connectivity index (χ2v) is 2.75. The summed E-state index contributed by atoms with van der Waals surface area (Å²) in [7, 11) is 5.73. The molecule has 0 unspecified atom stereocenters. The van der Waals surface area contributed by atoms with Crippen LogP contribution in [0.1, 0.15) is 0 Å². The molecule has 1 rings (SSSR count). The molecule has 0 fully saturated rings. The molecule has 66 valence electrons. The molecule has 0 aromatic carbocycles. The zero-order chi connectivity index (χ0) is 9.14. The maximum absolute atomic E-state index is 5.55. The molecule has 1 heterocycles. The zero-order valence-electron chi connectivity index (χ0n) is 7.63. The van der Waals surface area contributed by atoms with Crippen LogP contribution in [0.25, 0.3) is 0 Å². The molecule has 0 radical (unpaired) electrons. The van der Waals surface area contributed by atoms with Crippen molar-refractivity contribution in [2.24, 2.45) is 0 Å². The highest BCUT2D eigenvalue weighted by Gasteiger charge is 2.03. The minimum absolute atomic E-state index is 0.540. The van der Waals surface area contributed by atoms with Gasteiger partial charge >= 0.3 is 0 Å². The van der Waals surface area contributed by atoms with Crippen molar-refractivity contribution in [3.8, 4) is 0 Å². The Morgan fingerprint density at radius 1 is 1.42 bits per heavy atom. The highest BCUT2D eigenvalue weighted by Crippen LogP contribution is 2.21. The molecule has 0 aliphatic heterocycles. The molecule has 0 saturated carbocycles. The van der Waals surface area contributed by atoms with E-state index in [1.54, 1.807) is 6.07 Å². The molecule has 0 spiro atoms. The van der Waals surface area contributed by atoms with E-state index in [9.17, 15) is 0 Å². The lowest BCUT2D eigenvalue weighted by molar-refractivity contribution is 1.07. The fourth-order valence-corrected chi connectivity index (χ4v) is 0.999. The molecule has 0 bridgehead atoms. The highest BCUT2D eigenvalue weighted by atomic mass is 15.2. The van der Waals surface area contributed by atoms with Gasteiger partial charge in [-0.15, -0.1) is 0 Å². The Morgan fingerprint density at radius 2 is 2.08 bits per heavy atom. The normalized spacial score (nSPS) is 9.58. The van der Waals surface area contributed by atoms with Gasteiger partial charge in [-0.1, -0.05) is 0 Å². The van der Waals surface area contributed by atoms with Crippen molar-refractivity contribution < 1.29 is 0 Å². The molecule has 1 aromatic rings. The maximum Gasteiger partial charge on any atom is 0.153 e. The lowest BCUT2D eigenvalue weighted by Gasteiger charge is -2.15. The van der Waals surface area contributed by atoms with Gasteiger partial charge in [0.05, 0.1) is 5.69 Å². The van der Waals surface area contributed by atoms with Crippen LogP contribution in [0.2, 0.25) is 0 Å². The minimum atomic E-state index is 0.540. The first-order valence-electron chi connectivity index (χ1n) is 3.76. The minimum Gasteiger partial charge on any atom is -0.385 e. The fourth-order valence-electron chi connectivity index (χ4n) is 0.999. The number of nitrogens with zero attached hydrogens (tertiary/aromatic N) is 2. The first-order chi connectivity index (χ1) is 5.65. The Morgan fingerprint density at radius 3 is 2.58 bits per heavy atom. The molecule has 0 saturated heterocycles. The molecule has 0 aliphatic carbocycles. The number of hydrogen-bond acceptors (Lipinski definition) is 4. The van der Waals surface area contributed by atoms with Crippen molar-refractivity contribution in [1.29, 1.82) is 0 Å². The largest absolute Gasteiger partial charge is 0.385 e. The van der Waals surface area contributed by atoms with E-state index in [-0.39, 0.29) is 0 Å². The summed E-state index contributed by atoms with van der Waals surface area (Å²) in [5.41, 5.74) is 6.54. The summed E-state index contributed by atoms with van der Waals surface area (Å²) in [5, 5.41) is 3.04. The van der Waals surface area contributed by atoms with Gasteiger partial charge in [-0.2, -0.15) is 0 Å². The first kappa shape index (κ1) is 8.64. The van der Waals surface area contributed by atoms with Gasteiger partial charge in [0, 0.05) is 21.1 Å². The van der Waals surface area contributed by atoms with Crippen LogP contribution in [-0.2, 0) is 0 Å². The summed E-state index contributed by atoms with van der Waals surface area (Å²) < 4.78 is 0. The molecule has 3 N–H and O–H groups in total. The van der Waals surface area contributed by atoms with Crippen molar-refractivity contribution in [1.82, 2.24) is 4.98 Å². The summed E-state index contributed by atoms with van der Waals surface area (Å²) in [4.78, 5) is 6.10. The lowest BCUT2D eigenvalue weighted by Crippen LogP contribution is -2.13. The monoisotopic (exact) mass is 166 g/mol. The van der Waals surface area contributed by atoms with E-state index in [4.69, 9.17) is 5.73 Å². The van der Waals surface area contributed by atoms with Gasteiger partial charge in [0.25, 0.3) is 0 Å². The molecule has 12 heavy (non-hydrogen) atoms. The molecule has 4 nitrogen and oxygen atoms in total. The number of rotatable bonds is 2. The SMILES string of the molecule is CNc1ccc(N)nc1N(C)C. The molecule has 0 aliphatic rings. The van der Waals surface area contributed by atoms with Gasteiger partial charge in [0.2, 0.25) is 0 Å².